The van der Waals surface area contributed by atoms with Gasteiger partial charge in [0.2, 0.25) is 0 Å². The third-order valence-corrected chi connectivity index (χ3v) is 5.95. The van der Waals surface area contributed by atoms with Crippen molar-refractivity contribution in [3.8, 4) is 0 Å². The highest BCUT2D eigenvalue weighted by Gasteiger charge is 2.19. The Labute approximate surface area is 157 Å². The average molecular weight is 347 g/mol. The lowest BCUT2D eigenvalue weighted by Gasteiger charge is -2.32. The summed E-state index contributed by atoms with van der Waals surface area (Å²) in [7, 11) is 0. The molecule has 1 aliphatic heterocycles. The summed E-state index contributed by atoms with van der Waals surface area (Å²) in [5.74, 6) is 0.766. The van der Waals surface area contributed by atoms with E-state index in [1.165, 1.54) is 79.3 Å². The van der Waals surface area contributed by atoms with E-state index in [2.05, 4.69) is 71.5 Å². The molecule has 2 heterocycles. The zero-order chi connectivity index (χ0) is 17.8. The summed E-state index contributed by atoms with van der Waals surface area (Å²) < 4.78 is 0. The van der Waals surface area contributed by atoms with E-state index in [4.69, 9.17) is 0 Å². The zero-order valence-electron chi connectivity index (χ0n) is 15.9. The number of hydrogen-bond acceptors (Lipinski definition) is 1. The highest BCUT2D eigenvalue weighted by Crippen LogP contribution is 2.28. The van der Waals surface area contributed by atoms with Gasteiger partial charge in [0.15, 0.2) is 0 Å². The number of H-pyrrole nitrogens is 1. The van der Waals surface area contributed by atoms with Crippen molar-refractivity contribution in [2.45, 2.75) is 44.9 Å². The molecule has 0 unspecified atom stereocenters. The van der Waals surface area contributed by atoms with Crippen molar-refractivity contribution in [3.63, 3.8) is 0 Å². The summed E-state index contributed by atoms with van der Waals surface area (Å²) in [6.07, 6.45) is 8.59. The van der Waals surface area contributed by atoms with E-state index in [9.17, 15) is 0 Å². The molecule has 0 aliphatic carbocycles. The molecule has 1 aliphatic rings. The second kappa shape index (κ2) is 8.09. The Morgan fingerprint density at radius 1 is 1.00 bits per heavy atom. The first-order valence-electron chi connectivity index (χ1n) is 10.1. The molecular formula is C24H30N2. The van der Waals surface area contributed by atoms with E-state index in [-0.39, 0.29) is 0 Å². The predicted octanol–water partition coefficient (Wildman–Crippen LogP) is 5.68. The molecule has 26 heavy (non-hydrogen) atoms. The lowest BCUT2D eigenvalue weighted by molar-refractivity contribution is 0.209. The average Bonchev–Trinajstić information content (AvgIpc) is 3.08. The van der Waals surface area contributed by atoms with E-state index in [0.29, 0.717) is 0 Å². The summed E-state index contributed by atoms with van der Waals surface area (Å²) in [6, 6.07) is 17.8. The normalized spacial score (nSPS) is 16.3. The zero-order valence-corrected chi connectivity index (χ0v) is 15.9. The fraction of sp³-hybridized carbons (Fsp3) is 0.417. The second-order valence-corrected chi connectivity index (χ2v) is 7.85. The lowest BCUT2D eigenvalue weighted by Crippen LogP contribution is -2.33. The lowest BCUT2D eigenvalue weighted by atomic mass is 9.89. The maximum Gasteiger partial charge on any atom is 0.0456 e. The van der Waals surface area contributed by atoms with E-state index >= 15 is 0 Å². The molecule has 0 atom stereocenters. The van der Waals surface area contributed by atoms with Crippen LogP contribution in [0.1, 0.15) is 48.3 Å². The Hall–Kier alpha value is -2.06. The van der Waals surface area contributed by atoms with Gasteiger partial charge in [0.25, 0.3) is 0 Å². The van der Waals surface area contributed by atoms with Crippen LogP contribution in [0.3, 0.4) is 0 Å². The summed E-state index contributed by atoms with van der Waals surface area (Å²) in [6.45, 7) is 5.94. The number of aromatic amines is 1. The molecule has 0 radical (unpaired) electrons. The van der Waals surface area contributed by atoms with Crippen LogP contribution < -0.4 is 0 Å². The van der Waals surface area contributed by atoms with Gasteiger partial charge in [0.1, 0.15) is 0 Å². The fourth-order valence-corrected chi connectivity index (χ4v) is 4.37. The van der Waals surface area contributed by atoms with Crippen molar-refractivity contribution in [2.75, 3.05) is 19.6 Å². The number of piperidine rings is 1. The van der Waals surface area contributed by atoms with Crippen LogP contribution in [0.4, 0.5) is 0 Å². The summed E-state index contributed by atoms with van der Waals surface area (Å²) in [4.78, 5) is 6.08. The molecule has 0 saturated carbocycles. The van der Waals surface area contributed by atoms with Gasteiger partial charge in [-0.2, -0.15) is 0 Å². The quantitative estimate of drug-likeness (QED) is 0.569. The highest BCUT2D eigenvalue weighted by atomic mass is 15.1. The number of fused-ring (bicyclic) bond motifs is 1. The Balaban J connectivity index is 1.21. The minimum atomic E-state index is 0.766. The number of rotatable bonds is 6. The Morgan fingerprint density at radius 2 is 1.81 bits per heavy atom. The first kappa shape index (κ1) is 17.4. The van der Waals surface area contributed by atoms with Gasteiger partial charge in [0, 0.05) is 17.1 Å². The summed E-state index contributed by atoms with van der Waals surface area (Å²) in [5.41, 5.74) is 5.63. The SMILES string of the molecule is Cc1ccc2[nH]cc(CCCCN3CCC(c4ccccc4)CC3)c2c1. The van der Waals surface area contributed by atoms with E-state index in [0.717, 1.165) is 5.92 Å². The van der Waals surface area contributed by atoms with Crippen LogP contribution in [0.5, 0.6) is 0 Å². The Morgan fingerprint density at radius 3 is 2.62 bits per heavy atom. The molecule has 136 valence electrons. The molecule has 0 amide bonds. The molecule has 4 rings (SSSR count). The van der Waals surface area contributed by atoms with Gasteiger partial charge in [0.05, 0.1) is 0 Å². The van der Waals surface area contributed by atoms with Gasteiger partial charge >= 0.3 is 0 Å². The second-order valence-electron chi connectivity index (χ2n) is 7.85. The topological polar surface area (TPSA) is 19.0 Å². The molecule has 0 bridgehead atoms. The van der Waals surface area contributed by atoms with Crippen LogP contribution in [0.2, 0.25) is 0 Å². The number of likely N-dealkylation sites (tertiary alicyclic amines) is 1. The van der Waals surface area contributed by atoms with Crippen molar-refractivity contribution in [1.29, 1.82) is 0 Å². The molecule has 2 aromatic carbocycles. The monoisotopic (exact) mass is 346 g/mol. The van der Waals surface area contributed by atoms with Crippen molar-refractivity contribution < 1.29 is 0 Å². The smallest absolute Gasteiger partial charge is 0.0456 e. The van der Waals surface area contributed by atoms with Crippen molar-refractivity contribution in [3.05, 3.63) is 71.4 Å². The van der Waals surface area contributed by atoms with Gasteiger partial charge in [-0.3, -0.25) is 0 Å². The largest absolute Gasteiger partial charge is 0.361 e. The first-order chi connectivity index (χ1) is 12.8. The number of unbranched alkanes of at least 4 members (excludes halogenated alkanes) is 1. The van der Waals surface area contributed by atoms with Gasteiger partial charge in [-0.15, -0.1) is 0 Å². The molecule has 0 spiro atoms. The van der Waals surface area contributed by atoms with Gasteiger partial charge in [-0.1, -0.05) is 42.0 Å². The van der Waals surface area contributed by atoms with Crippen LogP contribution in [0.25, 0.3) is 10.9 Å². The minimum absolute atomic E-state index is 0.766. The molecular weight excluding hydrogens is 316 g/mol. The molecule has 1 N–H and O–H groups in total. The number of aromatic nitrogens is 1. The molecule has 2 heteroatoms. The molecule has 3 aromatic rings. The van der Waals surface area contributed by atoms with Crippen molar-refractivity contribution in [1.82, 2.24) is 9.88 Å². The van der Waals surface area contributed by atoms with Crippen LogP contribution in [-0.2, 0) is 6.42 Å². The fourth-order valence-electron chi connectivity index (χ4n) is 4.37. The van der Waals surface area contributed by atoms with Crippen LogP contribution in [0, 0.1) is 6.92 Å². The maximum atomic E-state index is 3.42. The predicted molar refractivity (Wildman–Crippen MR) is 111 cm³/mol. The first-order valence-corrected chi connectivity index (χ1v) is 10.1. The van der Waals surface area contributed by atoms with Gasteiger partial charge in [-0.05, 0) is 87.8 Å². The molecule has 2 nitrogen and oxygen atoms in total. The van der Waals surface area contributed by atoms with Crippen LogP contribution >= 0.6 is 0 Å². The summed E-state index contributed by atoms with van der Waals surface area (Å²) >= 11 is 0. The Kier molecular flexibility index (Phi) is 5.40. The van der Waals surface area contributed by atoms with E-state index in [1.54, 1.807) is 0 Å². The van der Waals surface area contributed by atoms with Gasteiger partial charge < -0.3 is 9.88 Å². The van der Waals surface area contributed by atoms with Crippen LogP contribution in [-0.4, -0.2) is 29.5 Å². The number of nitrogens with zero attached hydrogens (tertiary/aromatic N) is 1. The Bertz CT molecular complexity index is 826. The summed E-state index contributed by atoms with van der Waals surface area (Å²) in [5, 5.41) is 1.41. The molecule has 1 saturated heterocycles. The van der Waals surface area contributed by atoms with Crippen LogP contribution in [0.15, 0.2) is 54.7 Å². The number of nitrogens with one attached hydrogen (secondary N) is 1. The maximum absolute atomic E-state index is 3.42. The van der Waals surface area contributed by atoms with E-state index in [1.807, 2.05) is 0 Å². The molecule has 1 fully saturated rings. The molecule has 1 aromatic heterocycles. The third kappa shape index (κ3) is 4.02. The number of hydrogen-bond donors (Lipinski definition) is 1. The van der Waals surface area contributed by atoms with Crippen molar-refractivity contribution in [2.24, 2.45) is 0 Å². The minimum Gasteiger partial charge on any atom is -0.361 e. The standard InChI is InChI=1S/C24H30N2/c1-19-10-11-24-23(17-19)22(18-25-24)9-5-6-14-26-15-12-21(13-16-26)20-7-3-2-4-8-20/h2-4,7-8,10-11,17-18,21,25H,5-6,9,12-16H2,1H3. The third-order valence-electron chi connectivity index (χ3n) is 5.95. The number of benzene rings is 2. The van der Waals surface area contributed by atoms with E-state index < -0.39 is 0 Å². The highest BCUT2D eigenvalue weighted by molar-refractivity contribution is 5.83. The van der Waals surface area contributed by atoms with Gasteiger partial charge in [-0.25, -0.2) is 0 Å². The number of aryl methyl sites for hydroxylation is 2. The van der Waals surface area contributed by atoms with Crippen molar-refractivity contribution >= 4 is 10.9 Å².